The largest absolute Gasteiger partial charge is 0.326 e. The highest BCUT2D eigenvalue weighted by molar-refractivity contribution is 5.52. The fourth-order valence-corrected chi connectivity index (χ4v) is 3.02. The maximum atomic E-state index is 4.44. The SMILES string of the molecule is CC1CCC(Cn2ccnc2Nc2ccccc2)CC1. The molecule has 1 aliphatic carbocycles. The van der Waals surface area contributed by atoms with Gasteiger partial charge in [-0.25, -0.2) is 4.98 Å². The van der Waals surface area contributed by atoms with Crippen LogP contribution in [-0.4, -0.2) is 9.55 Å². The van der Waals surface area contributed by atoms with Crippen molar-refractivity contribution in [3.05, 3.63) is 42.7 Å². The molecule has 1 N–H and O–H groups in total. The molecule has 1 aliphatic rings. The maximum Gasteiger partial charge on any atom is 0.207 e. The summed E-state index contributed by atoms with van der Waals surface area (Å²) in [7, 11) is 0. The predicted molar refractivity (Wildman–Crippen MR) is 83.1 cm³/mol. The van der Waals surface area contributed by atoms with E-state index >= 15 is 0 Å². The van der Waals surface area contributed by atoms with E-state index in [0.717, 1.165) is 30.0 Å². The Bertz CT molecular complexity index is 524. The van der Waals surface area contributed by atoms with Gasteiger partial charge in [0.25, 0.3) is 0 Å². The van der Waals surface area contributed by atoms with Gasteiger partial charge in [-0.2, -0.15) is 0 Å². The van der Waals surface area contributed by atoms with E-state index in [1.807, 2.05) is 24.4 Å². The molecule has 20 heavy (non-hydrogen) atoms. The molecule has 3 rings (SSSR count). The third kappa shape index (κ3) is 3.21. The molecule has 1 saturated carbocycles. The van der Waals surface area contributed by atoms with Crippen molar-refractivity contribution in [2.45, 2.75) is 39.2 Å². The van der Waals surface area contributed by atoms with E-state index < -0.39 is 0 Å². The van der Waals surface area contributed by atoms with Gasteiger partial charge in [0.15, 0.2) is 0 Å². The summed E-state index contributed by atoms with van der Waals surface area (Å²) in [6.07, 6.45) is 9.43. The second-order valence-corrected chi connectivity index (χ2v) is 6.02. The minimum absolute atomic E-state index is 0.803. The second kappa shape index (κ2) is 6.12. The molecule has 106 valence electrons. The van der Waals surface area contributed by atoms with Crippen LogP contribution in [0.1, 0.15) is 32.6 Å². The van der Waals surface area contributed by atoms with Gasteiger partial charge in [0, 0.05) is 24.6 Å². The Hall–Kier alpha value is -1.77. The molecule has 1 aromatic heterocycles. The molecule has 0 bridgehead atoms. The molecule has 0 saturated heterocycles. The molecule has 0 radical (unpaired) electrons. The standard InChI is InChI=1S/C17H23N3/c1-14-7-9-15(10-8-14)13-20-12-11-18-17(20)19-16-5-3-2-4-6-16/h2-6,11-12,14-15H,7-10,13H2,1H3,(H,18,19). The minimum atomic E-state index is 0.803. The number of benzene rings is 1. The smallest absolute Gasteiger partial charge is 0.207 e. The zero-order valence-corrected chi connectivity index (χ0v) is 12.1. The molecular weight excluding hydrogens is 246 g/mol. The molecule has 1 aromatic carbocycles. The number of nitrogens with zero attached hydrogens (tertiary/aromatic N) is 2. The summed E-state index contributed by atoms with van der Waals surface area (Å²) < 4.78 is 2.26. The van der Waals surface area contributed by atoms with E-state index in [0.29, 0.717) is 0 Å². The molecule has 3 nitrogen and oxygen atoms in total. The van der Waals surface area contributed by atoms with Crippen LogP contribution in [0.5, 0.6) is 0 Å². The Morgan fingerprint density at radius 2 is 1.90 bits per heavy atom. The quantitative estimate of drug-likeness (QED) is 0.888. The lowest BCUT2D eigenvalue weighted by molar-refractivity contribution is 0.265. The molecule has 3 heteroatoms. The van der Waals surface area contributed by atoms with Gasteiger partial charge in [0.2, 0.25) is 5.95 Å². The Balaban J connectivity index is 1.65. The minimum Gasteiger partial charge on any atom is -0.326 e. The molecule has 0 amide bonds. The highest BCUT2D eigenvalue weighted by Gasteiger charge is 2.19. The fraction of sp³-hybridized carbons (Fsp3) is 0.471. The van der Waals surface area contributed by atoms with Gasteiger partial charge in [-0.3, -0.25) is 0 Å². The van der Waals surface area contributed by atoms with Crippen molar-refractivity contribution in [2.24, 2.45) is 11.8 Å². The van der Waals surface area contributed by atoms with E-state index in [4.69, 9.17) is 0 Å². The molecule has 0 atom stereocenters. The number of imidazole rings is 1. The van der Waals surface area contributed by atoms with Gasteiger partial charge in [-0.1, -0.05) is 38.0 Å². The first-order valence-corrected chi connectivity index (χ1v) is 7.64. The van der Waals surface area contributed by atoms with Crippen LogP contribution >= 0.6 is 0 Å². The summed E-state index contributed by atoms with van der Waals surface area (Å²) in [5.74, 6) is 2.67. The zero-order valence-electron chi connectivity index (χ0n) is 12.1. The number of rotatable bonds is 4. The van der Waals surface area contributed by atoms with Crippen LogP contribution in [-0.2, 0) is 6.54 Å². The average molecular weight is 269 g/mol. The van der Waals surface area contributed by atoms with E-state index in [2.05, 4.69) is 40.1 Å². The van der Waals surface area contributed by atoms with Crippen LogP contribution in [0.3, 0.4) is 0 Å². The summed E-state index contributed by atoms with van der Waals surface area (Å²) in [4.78, 5) is 4.44. The second-order valence-electron chi connectivity index (χ2n) is 6.02. The molecule has 1 fully saturated rings. The third-order valence-corrected chi connectivity index (χ3v) is 4.34. The Kier molecular flexibility index (Phi) is 4.05. The van der Waals surface area contributed by atoms with Crippen molar-refractivity contribution < 1.29 is 0 Å². The predicted octanol–water partition coefficient (Wildman–Crippen LogP) is 4.45. The molecule has 1 heterocycles. The lowest BCUT2D eigenvalue weighted by Gasteiger charge is -2.26. The topological polar surface area (TPSA) is 29.9 Å². The van der Waals surface area contributed by atoms with Gasteiger partial charge in [0.1, 0.15) is 0 Å². The van der Waals surface area contributed by atoms with Gasteiger partial charge in [0.05, 0.1) is 0 Å². The third-order valence-electron chi connectivity index (χ3n) is 4.34. The number of nitrogens with one attached hydrogen (secondary N) is 1. The van der Waals surface area contributed by atoms with Crippen molar-refractivity contribution in [2.75, 3.05) is 5.32 Å². The van der Waals surface area contributed by atoms with E-state index in [9.17, 15) is 0 Å². The van der Waals surface area contributed by atoms with Crippen molar-refractivity contribution >= 4 is 11.6 Å². The van der Waals surface area contributed by atoms with Gasteiger partial charge >= 0.3 is 0 Å². The summed E-state index contributed by atoms with van der Waals surface area (Å²) in [6.45, 7) is 3.46. The lowest BCUT2D eigenvalue weighted by atomic mass is 9.83. The maximum absolute atomic E-state index is 4.44. The number of hydrogen-bond acceptors (Lipinski definition) is 2. The van der Waals surface area contributed by atoms with E-state index in [1.165, 1.54) is 25.7 Å². The summed E-state index contributed by atoms with van der Waals surface area (Å²) in [6, 6.07) is 10.2. The van der Waals surface area contributed by atoms with Gasteiger partial charge < -0.3 is 9.88 Å². The van der Waals surface area contributed by atoms with Crippen LogP contribution in [0, 0.1) is 11.8 Å². The summed E-state index contributed by atoms with van der Waals surface area (Å²) in [5.41, 5.74) is 1.09. The first-order valence-electron chi connectivity index (χ1n) is 7.64. The monoisotopic (exact) mass is 269 g/mol. The zero-order chi connectivity index (χ0) is 13.8. The number of para-hydroxylation sites is 1. The Morgan fingerprint density at radius 3 is 2.65 bits per heavy atom. The molecule has 2 aromatic rings. The summed E-state index contributed by atoms with van der Waals surface area (Å²) >= 11 is 0. The van der Waals surface area contributed by atoms with Crippen molar-refractivity contribution in [1.29, 1.82) is 0 Å². The molecule has 0 unspecified atom stereocenters. The van der Waals surface area contributed by atoms with Crippen LogP contribution < -0.4 is 5.32 Å². The lowest BCUT2D eigenvalue weighted by Crippen LogP contribution is -2.18. The van der Waals surface area contributed by atoms with Gasteiger partial charge in [-0.15, -0.1) is 0 Å². The highest BCUT2D eigenvalue weighted by Crippen LogP contribution is 2.30. The number of anilines is 2. The fourth-order valence-electron chi connectivity index (χ4n) is 3.02. The van der Waals surface area contributed by atoms with Crippen molar-refractivity contribution in [3.8, 4) is 0 Å². The number of aromatic nitrogens is 2. The van der Waals surface area contributed by atoms with Crippen molar-refractivity contribution in [3.63, 3.8) is 0 Å². The molecular formula is C17H23N3. The Morgan fingerprint density at radius 1 is 1.15 bits per heavy atom. The van der Waals surface area contributed by atoms with Crippen LogP contribution in [0.25, 0.3) is 0 Å². The highest BCUT2D eigenvalue weighted by atomic mass is 15.2. The molecule has 0 spiro atoms. The first kappa shape index (κ1) is 13.2. The summed E-state index contributed by atoms with van der Waals surface area (Å²) in [5, 5.41) is 3.40. The molecule has 0 aliphatic heterocycles. The average Bonchev–Trinajstić information content (AvgIpc) is 2.90. The Labute approximate surface area is 121 Å². The van der Waals surface area contributed by atoms with E-state index in [-0.39, 0.29) is 0 Å². The first-order chi connectivity index (χ1) is 9.81. The van der Waals surface area contributed by atoms with Crippen LogP contribution in [0.4, 0.5) is 11.6 Å². The normalized spacial score (nSPS) is 22.6. The van der Waals surface area contributed by atoms with Crippen LogP contribution in [0.15, 0.2) is 42.7 Å². The van der Waals surface area contributed by atoms with E-state index in [1.54, 1.807) is 0 Å². The van der Waals surface area contributed by atoms with Crippen molar-refractivity contribution in [1.82, 2.24) is 9.55 Å². The van der Waals surface area contributed by atoms with Crippen LogP contribution in [0.2, 0.25) is 0 Å². The number of hydrogen-bond donors (Lipinski definition) is 1. The van der Waals surface area contributed by atoms with Gasteiger partial charge in [-0.05, 0) is 36.8 Å².